The second-order valence-electron chi connectivity index (χ2n) is 4.89. The van der Waals surface area contributed by atoms with Gasteiger partial charge in [0.05, 0.1) is 12.2 Å². The summed E-state index contributed by atoms with van der Waals surface area (Å²) in [5, 5.41) is 8.86. The summed E-state index contributed by atoms with van der Waals surface area (Å²) >= 11 is 0. The van der Waals surface area contributed by atoms with Gasteiger partial charge in [-0.25, -0.2) is 9.78 Å². The smallest absolute Gasteiger partial charge is 0.354 e. The van der Waals surface area contributed by atoms with Crippen LogP contribution in [0.4, 0.5) is 5.82 Å². The Morgan fingerprint density at radius 2 is 2.00 bits per heavy atom. The van der Waals surface area contributed by atoms with Gasteiger partial charge in [0.25, 0.3) is 0 Å². The van der Waals surface area contributed by atoms with Crippen LogP contribution in [0.1, 0.15) is 24.3 Å². The lowest BCUT2D eigenvalue weighted by atomic mass is 10.3. The van der Waals surface area contributed by atoms with Crippen molar-refractivity contribution in [2.45, 2.75) is 26.1 Å². The van der Waals surface area contributed by atoms with Crippen LogP contribution < -0.4 is 4.72 Å². The highest BCUT2D eigenvalue weighted by molar-refractivity contribution is 7.90. The molecule has 21 heavy (non-hydrogen) atoms. The van der Waals surface area contributed by atoms with E-state index in [9.17, 15) is 13.2 Å². The molecule has 0 aliphatic carbocycles. The number of hydrogen-bond donors (Lipinski definition) is 2. The molecule has 0 radical (unpaired) electrons. The Hall–Kier alpha value is -1.71. The first-order valence-electron chi connectivity index (χ1n) is 6.41. The van der Waals surface area contributed by atoms with Gasteiger partial charge < -0.3 is 9.84 Å². The molecule has 1 aromatic heterocycles. The number of aromatic carboxylic acids is 1. The molecule has 1 saturated heterocycles. The van der Waals surface area contributed by atoms with E-state index in [1.54, 1.807) is 13.8 Å². The third-order valence-electron chi connectivity index (χ3n) is 2.93. The maximum Gasteiger partial charge on any atom is 0.354 e. The molecule has 0 aromatic carbocycles. The fourth-order valence-electron chi connectivity index (χ4n) is 2.13. The van der Waals surface area contributed by atoms with Gasteiger partial charge >= 0.3 is 16.2 Å². The molecule has 0 bridgehead atoms. The molecule has 2 heterocycles. The summed E-state index contributed by atoms with van der Waals surface area (Å²) in [6.45, 7) is 4.06. The average Bonchev–Trinajstić information content (AvgIpc) is 2.37. The van der Waals surface area contributed by atoms with Gasteiger partial charge in [-0.3, -0.25) is 4.72 Å². The zero-order valence-electron chi connectivity index (χ0n) is 11.7. The summed E-state index contributed by atoms with van der Waals surface area (Å²) in [5.41, 5.74) is -0.223. The number of rotatable bonds is 4. The first-order chi connectivity index (χ1) is 9.78. The van der Waals surface area contributed by atoms with Crippen molar-refractivity contribution in [1.29, 1.82) is 0 Å². The quantitative estimate of drug-likeness (QED) is 0.839. The van der Waals surface area contributed by atoms with Crippen molar-refractivity contribution in [2.24, 2.45) is 0 Å². The molecule has 2 unspecified atom stereocenters. The molecular weight excluding hydrogens is 298 g/mol. The van der Waals surface area contributed by atoms with Gasteiger partial charge in [0, 0.05) is 13.1 Å². The highest BCUT2D eigenvalue weighted by Crippen LogP contribution is 2.16. The molecule has 9 heteroatoms. The minimum absolute atomic E-state index is 0.0262. The summed E-state index contributed by atoms with van der Waals surface area (Å²) < 4.78 is 33.6. The van der Waals surface area contributed by atoms with Crippen LogP contribution in [0.25, 0.3) is 0 Å². The zero-order chi connectivity index (χ0) is 15.6. The third kappa shape index (κ3) is 3.90. The van der Waals surface area contributed by atoms with E-state index < -0.39 is 16.2 Å². The lowest BCUT2D eigenvalue weighted by molar-refractivity contribution is -0.0439. The molecule has 0 saturated carbocycles. The fraction of sp³-hybridized carbons (Fsp3) is 0.500. The number of pyridine rings is 1. The van der Waals surface area contributed by atoms with Crippen LogP contribution in [-0.2, 0) is 14.9 Å². The molecule has 1 aliphatic rings. The van der Waals surface area contributed by atoms with Gasteiger partial charge in [-0.15, -0.1) is 0 Å². The second kappa shape index (κ2) is 5.96. The first-order valence-corrected chi connectivity index (χ1v) is 7.85. The van der Waals surface area contributed by atoms with Crippen LogP contribution in [0.5, 0.6) is 0 Å². The van der Waals surface area contributed by atoms with Crippen LogP contribution in [0.3, 0.4) is 0 Å². The van der Waals surface area contributed by atoms with Crippen molar-refractivity contribution < 1.29 is 23.1 Å². The van der Waals surface area contributed by atoms with Crippen LogP contribution >= 0.6 is 0 Å². The summed E-state index contributed by atoms with van der Waals surface area (Å²) in [5.74, 6) is -1.24. The van der Waals surface area contributed by atoms with E-state index in [1.165, 1.54) is 22.5 Å². The maximum absolute atomic E-state index is 12.3. The normalized spacial score (nSPS) is 23.7. The second-order valence-corrected chi connectivity index (χ2v) is 6.57. The number of hydrogen-bond acceptors (Lipinski definition) is 5. The predicted molar refractivity (Wildman–Crippen MR) is 75.3 cm³/mol. The minimum atomic E-state index is -3.80. The van der Waals surface area contributed by atoms with E-state index in [2.05, 4.69) is 9.71 Å². The van der Waals surface area contributed by atoms with Gasteiger partial charge in [0.2, 0.25) is 0 Å². The topological polar surface area (TPSA) is 109 Å². The molecule has 0 spiro atoms. The standard InChI is InChI=1S/C12H17N3O5S/c1-8-6-15(7-9(2)20-8)21(18,19)14-11-5-3-4-10(13-11)12(16)17/h3-5,8-9H,6-7H2,1-2H3,(H,13,14)(H,16,17). The Bertz CT molecular complexity index is 624. The first kappa shape index (κ1) is 15.7. The highest BCUT2D eigenvalue weighted by atomic mass is 32.2. The van der Waals surface area contributed by atoms with Crippen molar-refractivity contribution in [3.63, 3.8) is 0 Å². The van der Waals surface area contributed by atoms with Gasteiger partial charge in [-0.05, 0) is 26.0 Å². The predicted octanol–water partition coefficient (Wildman–Crippen LogP) is 0.546. The molecule has 0 amide bonds. The number of aromatic nitrogens is 1. The van der Waals surface area contributed by atoms with Crippen LogP contribution in [0, 0.1) is 0 Å². The number of morpholine rings is 1. The number of carbonyl (C=O) groups is 1. The van der Waals surface area contributed by atoms with E-state index in [0.29, 0.717) is 0 Å². The Morgan fingerprint density at radius 3 is 2.57 bits per heavy atom. The SMILES string of the molecule is CC1CN(S(=O)(=O)Nc2cccc(C(=O)O)n2)CC(C)O1. The fourth-order valence-corrected chi connectivity index (χ4v) is 3.45. The van der Waals surface area contributed by atoms with Gasteiger partial charge in [-0.1, -0.05) is 6.07 Å². The Morgan fingerprint density at radius 1 is 1.38 bits per heavy atom. The molecular formula is C12H17N3O5S. The lowest BCUT2D eigenvalue weighted by Crippen LogP contribution is -2.50. The molecule has 1 aliphatic heterocycles. The summed E-state index contributed by atoms with van der Waals surface area (Å²) in [6, 6.07) is 4.12. The summed E-state index contributed by atoms with van der Waals surface area (Å²) in [6.07, 6.45) is -0.410. The number of nitrogens with one attached hydrogen (secondary N) is 1. The minimum Gasteiger partial charge on any atom is -0.477 e. The van der Waals surface area contributed by atoms with E-state index >= 15 is 0 Å². The van der Waals surface area contributed by atoms with E-state index in [-0.39, 0.29) is 36.8 Å². The van der Waals surface area contributed by atoms with Crippen molar-refractivity contribution >= 4 is 22.0 Å². The highest BCUT2D eigenvalue weighted by Gasteiger charge is 2.31. The van der Waals surface area contributed by atoms with E-state index in [1.807, 2.05) is 0 Å². The van der Waals surface area contributed by atoms with Crippen molar-refractivity contribution in [3.05, 3.63) is 23.9 Å². The zero-order valence-corrected chi connectivity index (χ0v) is 12.5. The van der Waals surface area contributed by atoms with E-state index in [4.69, 9.17) is 9.84 Å². The van der Waals surface area contributed by atoms with Crippen molar-refractivity contribution in [2.75, 3.05) is 17.8 Å². The van der Waals surface area contributed by atoms with Crippen LogP contribution in [-0.4, -0.2) is 54.1 Å². The van der Waals surface area contributed by atoms with Crippen LogP contribution in [0.15, 0.2) is 18.2 Å². The molecule has 2 rings (SSSR count). The molecule has 2 N–H and O–H groups in total. The van der Waals surface area contributed by atoms with Gasteiger partial charge in [-0.2, -0.15) is 12.7 Å². The van der Waals surface area contributed by atoms with E-state index in [0.717, 1.165) is 0 Å². The molecule has 1 aromatic rings. The molecule has 116 valence electrons. The largest absolute Gasteiger partial charge is 0.477 e. The summed E-state index contributed by atoms with van der Waals surface area (Å²) in [7, 11) is -3.80. The molecule has 2 atom stereocenters. The third-order valence-corrected chi connectivity index (χ3v) is 4.37. The number of carboxylic acids is 1. The monoisotopic (exact) mass is 315 g/mol. The molecule has 1 fully saturated rings. The van der Waals surface area contributed by atoms with Gasteiger partial charge in [0.1, 0.15) is 5.82 Å². The summed E-state index contributed by atoms with van der Waals surface area (Å²) in [4.78, 5) is 14.6. The number of carboxylic acid groups (broad SMARTS) is 1. The Balaban J connectivity index is 2.17. The number of anilines is 1. The number of nitrogens with zero attached hydrogens (tertiary/aromatic N) is 2. The number of ether oxygens (including phenoxy) is 1. The van der Waals surface area contributed by atoms with Crippen molar-refractivity contribution in [3.8, 4) is 0 Å². The lowest BCUT2D eigenvalue weighted by Gasteiger charge is -2.34. The molecule has 8 nitrogen and oxygen atoms in total. The Labute approximate surface area is 122 Å². The average molecular weight is 315 g/mol. The maximum atomic E-state index is 12.3. The van der Waals surface area contributed by atoms with Crippen LogP contribution in [0.2, 0.25) is 0 Å². The van der Waals surface area contributed by atoms with Crippen molar-refractivity contribution in [1.82, 2.24) is 9.29 Å². The Kier molecular flexibility index (Phi) is 4.45. The van der Waals surface area contributed by atoms with Gasteiger partial charge in [0.15, 0.2) is 5.69 Å².